The van der Waals surface area contributed by atoms with Crippen molar-refractivity contribution in [2.24, 2.45) is 0 Å². The van der Waals surface area contributed by atoms with Gasteiger partial charge in [0.25, 0.3) is 0 Å². The van der Waals surface area contributed by atoms with Gasteiger partial charge in [0, 0.05) is 17.3 Å². The standard InChI is InChI=1S/C12H15ClO3S/c1-2-16-10(12(14)15)7-8-17-11-6-4-3-5-9(11)13/h3-6,10H,2,7-8H2,1H3,(H,14,15). The molecule has 0 saturated carbocycles. The lowest BCUT2D eigenvalue weighted by molar-refractivity contribution is -0.150. The zero-order chi connectivity index (χ0) is 12.7. The van der Waals surface area contributed by atoms with Crippen molar-refractivity contribution in [2.45, 2.75) is 24.3 Å². The lowest BCUT2D eigenvalue weighted by atomic mass is 10.3. The highest BCUT2D eigenvalue weighted by Crippen LogP contribution is 2.27. The van der Waals surface area contributed by atoms with E-state index < -0.39 is 12.1 Å². The van der Waals surface area contributed by atoms with Crippen molar-refractivity contribution in [3.05, 3.63) is 29.3 Å². The van der Waals surface area contributed by atoms with E-state index in [1.54, 1.807) is 18.7 Å². The Morgan fingerprint density at radius 2 is 2.24 bits per heavy atom. The van der Waals surface area contributed by atoms with Crippen molar-refractivity contribution >= 4 is 29.3 Å². The Bertz CT molecular complexity index is 371. The molecule has 1 aromatic rings. The number of carboxylic acids is 1. The SMILES string of the molecule is CCOC(CCSc1ccccc1Cl)C(=O)O. The van der Waals surface area contributed by atoms with Gasteiger partial charge in [0.15, 0.2) is 6.10 Å². The van der Waals surface area contributed by atoms with Crippen LogP contribution in [-0.2, 0) is 9.53 Å². The minimum Gasteiger partial charge on any atom is -0.479 e. The summed E-state index contributed by atoms with van der Waals surface area (Å²) >= 11 is 7.54. The third-order valence-corrected chi connectivity index (χ3v) is 3.67. The molecule has 0 heterocycles. The van der Waals surface area contributed by atoms with E-state index in [0.29, 0.717) is 23.8 Å². The maximum Gasteiger partial charge on any atom is 0.332 e. The monoisotopic (exact) mass is 274 g/mol. The normalized spacial score (nSPS) is 12.4. The Hall–Kier alpha value is -0.710. The van der Waals surface area contributed by atoms with Gasteiger partial charge in [0.05, 0.1) is 5.02 Å². The number of benzene rings is 1. The van der Waals surface area contributed by atoms with E-state index in [2.05, 4.69) is 0 Å². The van der Waals surface area contributed by atoms with Crippen molar-refractivity contribution in [3.63, 3.8) is 0 Å². The van der Waals surface area contributed by atoms with Gasteiger partial charge in [-0.15, -0.1) is 11.8 Å². The number of aliphatic carboxylic acids is 1. The van der Waals surface area contributed by atoms with E-state index in [1.807, 2.05) is 24.3 Å². The molecule has 1 rings (SSSR count). The largest absolute Gasteiger partial charge is 0.479 e. The Balaban J connectivity index is 2.41. The van der Waals surface area contributed by atoms with Crippen LogP contribution in [0.25, 0.3) is 0 Å². The van der Waals surface area contributed by atoms with E-state index in [9.17, 15) is 4.79 Å². The molecule has 94 valence electrons. The van der Waals surface area contributed by atoms with Gasteiger partial charge in [-0.1, -0.05) is 23.7 Å². The van der Waals surface area contributed by atoms with Crippen molar-refractivity contribution < 1.29 is 14.6 Å². The Morgan fingerprint density at radius 3 is 2.82 bits per heavy atom. The topological polar surface area (TPSA) is 46.5 Å². The molecule has 1 atom stereocenters. The van der Waals surface area contributed by atoms with E-state index >= 15 is 0 Å². The summed E-state index contributed by atoms with van der Waals surface area (Å²) < 4.78 is 5.13. The van der Waals surface area contributed by atoms with Crippen LogP contribution in [0.3, 0.4) is 0 Å². The fourth-order valence-corrected chi connectivity index (χ4v) is 2.55. The molecule has 0 spiro atoms. The molecule has 0 saturated heterocycles. The number of carbonyl (C=O) groups is 1. The van der Waals surface area contributed by atoms with Crippen LogP contribution in [0, 0.1) is 0 Å². The third kappa shape index (κ3) is 4.98. The number of halogens is 1. The first-order valence-electron chi connectivity index (χ1n) is 5.37. The van der Waals surface area contributed by atoms with Crippen molar-refractivity contribution in [1.29, 1.82) is 0 Å². The average molecular weight is 275 g/mol. The zero-order valence-corrected chi connectivity index (χ0v) is 11.1. The van der Waals surface area contributed by atoms with Gasteiger partial charge in [-0.05, 0) is 25.5 Å². The maximum atomic E-state index is 10.8. The van der Waals surface area contributed by atoms with Gasteiger partial charge in [0.2, 0.25) is 0 Å². The van der Waals surface area contributed by atoms with Crippen LogP contribution in [-0.4, -0.2) is 29.5 Å². The summed E-state index contributed by atoms with van der Waals surface area (Å²) in [7, 11) is 0. The lowest BCUT2D eigenvalue weighted by Gasteiger charge is -2.11. The van der Waals surface area contributed by atoms with Crippen molar-refractivity contribution in [3.8, 4) is 0 Å². The van der Waals surface area contributed by atoms with E-state index in [-0.39, 0.29) is 0 Å². The minimum atomic E-state index is -0.911. The second-order valence-corrected chi connectivity index (χ2v) is 4.89. The van der Waals surface area contributed by atoms with Crippen LogP contribution in [0.4, 0.5) is 0 Å². The number of carboxylic acid groups (broad SMARTS) is 1. The molecule has 0 aliphatic heterocycles. The van der Waals surface area contributed by atoms with Gasteiger partial charge in [0.1, 0.15) is 0 Å². The van der Waals surface area contributed by atoms with Gasteiger partial charge >= 0.3 is 5.97 Å². The number of hydrogen-bond donors (Lipinski definition) is 1. The molecule has 0 radical (unpaired) electrons. The van der Waals surface area contributed by atoms with Gasteiger partial charge < -0.3 is 9.84 Å². The van der Waals surface area contributed by atoms with Crippen LogP contribution < -0.4 is 0 Å². The molecule has 1 N–H and O–H groups in total. The molecular weight excluding hydrogens is 260 g/mol. The average Bonchev–Trinajstić information content (AvgIpc) is 2.30. The van der Waals surface area contributed by atoms with E-state index in [1.165, 1.54) is 0 Å². The smallest absolute Gasteiger partial charge is 0.332 e. The molecule has 0 amide bonds. The van der Waals surface area contributed by atoms with Crippen LogP contribution in [0.5, 0.6) is 0 Å². The molecule has 0 aliphatic carbocycles. The van der Waals surface area contributed by atoms with Gasteiger partial charge in [-0.3, -0.25) is 0 Å². The minimum absolute atomic E-state index is 0.410. The maximum absolute atomic E-state index is 10.8. The molecule has 17 heavy (non-hydrogen) atoms. The third-order valence-electron chi connectivity index (χ3n) is 2.12. The molecule has 5 heteroatoms. The predicted molar refractivity (Wildman–Crippen MR) is 69.8 cm³/mol. The Labute approximate surface area is 110 Å². The van der Waals surface area contributed by atoms with Crippen LogP contribution in [0.1, 0.15) is 13.3 Å². The zero-order valence-electron chi connectivity index (χ0n) is 9.56. The number of hydrogen-bond acceptors (Lipinski definition) is 3. The first-order valence-corrected chi connectivity index (χ1v) is 6.73. The summed E-state index contributed by atoms with van der Waals surface area (Å²) in [5, 5.41) is 9.59. The summed E-state index contributed by atoms with van der Waals surface area (Å²) in [6.07, 6.45) is -0.256. The van der Waals surface area contributed by atoms with Crippen LogP contribution in [0.2, 0.25) is 5.02 Å². The fraction of sp³-hybridized carbons (Fsp3) is 0.417. The van der Waals surface area contributed by atoms with E-state index in [4.69, 9.17) is 21.4 Å². The highest BCUT2D eigenvalue weighted by molar-refractivity contribution is 7.99. The van der Waals surface area contributed by atoms with Gasteiger partial charge in [-0.25, -0.2) is 4.79 Å². The summed E-state index contributed by atoms with van der Waals surface area (Å²) in [5.74, 6) is -0.243. The first-order chi connectivity index (χ1) is 8.15. The number of thioether (sulfide) groups is 1. The summed E-state index contributed by atoms with van der Waals surface area (Å²) in [6.45, 7) is 2.20. The van der Waals surface area contributed by atoms with Gasteiger partial charge in [-0.2, -0.15) is 0 Å². The Morgan fingerprint density at radius 1 is 1.53 bits per heavy atom. The second-order valence-electron chi connectivity index (χ2n) is 3.35. The fourth-order valence-electron chi connectivity index (χ4n) is 1.32. The van der Waals surface area contributed by atoms with E-state index in [0.717, 1.165) is 4.90 Å². The molecule has 3 nitrogen and oxygen atoms in total. The number of rotatable bonds is 7. The number of ether oxygens (including phenoxy) is 1. The molecule has 1 aromatic carbocycles. The van der Waals surface area contributed by atoms with Crippen LogP contribution >= 0.6 is 23.4 Å². The highest BCUT2D eigenvalue weighted by Gasteiger charge is 2.16. The molecule has 0 bridgehead atoms. The molecule has 0 fully saturated rings. The molecular formula is C12H15ClO3S. The molecule has 0 aromatic heterocycles. The Kier molecular flexibility index (Phi) is 6.40. The highest BCUT2D eigenvalue weighted by atomic mass is 35.5. The van der Waals surface area contributed by atoms with Crippen molar-refractivity contribution in [2.75, 3.05) is 12.4 Å². The quantitative estimate of drug-likeness (QED) is 0.775. The second kappa shape index (κ2) is 7.58. The van der Waals surface area contributed by atoms with Crippen molar-refractivity contribution in [1.82, 2.24) is 0 Å². The molecule has 1 unspecified atom stereocenters. The lowest BCUT2D eigenvalue weighted by Crippen LogP contribution is -2.24. The first kappa shape index (κ1) is 14.4. The summed E-state index contributed by atoms with van der Waals surface area (Å²) in [4.78, 5) is 11.8. The summed E-state index contributed by atoms with van der Waals surface area (Å²) in [6, 6.07) is 7.52. The molecule has 0 aliphatic rings. The summed E-state index contributed by atoms with van der Waals surface area (Å²) in [5.41, 5.74) is 0. The predicted octanol–water partition coefficient (Wildman–Crippen LogP) is 3.31. The van der Waals surface area contributed by atoms with Crippen LogP contribution in [0.15, 0.2) is 29.2 Å².